The lowest BCUT2D eigenvalue weighted by Crippen LogP contribution is -2.37. The third kappa shape index (κ3) is 3.41. The Hall–Kier alpha value is -2.77. The fourth-order valence-corrected chi connectivity index (χ4v) is 1.98. The number of nitrogens with one attached hydrogen (secondary N) is 2. The molecule has 0 bridgehead atoms. The largest absolute Gasteiger partial charge is 0.505 e. The van der Waals surface area contributed by atoms with Gasteiger partial charge in [-0.3, -0.25) is 4.79 Å². The lowest BCUT2D eigenvalue weighted by atomic mass is 10.1. The first-order valence-electron chi connectivity index (χ1n) is 6.37. The van der Waals surface area contributed by atoms with Crippen molar-refractivity contribution >= 4 is 23.6 Å². The van der Waals surface area contributed by atoms with E-state index >= 15 is 0 Å². The molecule has 1 aliphatic heterocycles. The summed E-state index contributed by atoms with van der Waals surface area (Å²) in [4.78, 5) is 35.6. The molecule has 8 heteroatoms. The van der Waals surface area contributed by atoms with Crippen molar-refractivity contribution in [3.05, 3.63) is 23.8 Å². The van der Waals surface area contributed by atoms with E-state index in [-0.39, 0.29) is 30.1 Å². The average Bonchev–Trinajstić information content (AvgIpc) is 2.65. The molecule has 21 heavy (non-hydrogen) atoms. The fourth-order valence-electron chi connectivity index (χ4n) is 1.98. The van der Waals surface area contributed by atoms with Crippen LogP contribution in [0.5, 0.6) is 5.75 Å². The monoisotopic (exact) mass is 293 g/mol. The lowest BCUT2D eigenvalue weighted by molar-refractivity contribution is -0.120. The molecule has 1 aromatic carbocycles. The number of urea groups is 1. The standard InChI is InChI=1S/C13H15N3O5/c17-10-4-6-16(7-5-14-10)13(21)15-9-3-1-2-8(11(9)18)12(19)20/h1-3,18H,4-7H2,(H,14,17)(H,15,21)(H,19,20). The maximum absolute atomic E-state index is 12.1. The second-order valence-electron chi connectivity index (χ2n) is 4.52. The third-order valence-corrected chi connectivity index (χ3v) is 3.11. The van der Waals surface area contributed by atoms with Crippen molar-refractivity contribution in [2.24, 2.45) is 0 Å². The molecule has 0 aromatic heterocycles. The highest BCUT2D eigenvalue weighted by Gasteiger charge is 2.20. The van der Waals surface area contributed by atoms with Crippen molar-refractivity contribution in [2.45, 2.75) is 6.42 Å². The van der Waals surface area contributed by atoms with Gasteiger partial charge in [0.25, 0.3) is 0 Å². The number of benzene rings is 1. The molecule has 1 saturated heterocycles. The Kier molecular flexibility index (Phi) is 4.27. The van der Waals surface area contributed by atoms with Crippen molar-refractivity contribution in [3.8, 4) is 5.75 Å². The van der Waals surface area contributed by atoms with Gasteiger partial charge in [-0.1, -0.05) is 6.07 Å². The van der Waals surface area contributed by atoms with Crippen LogP contribution in [0.2, 0.25) is 0 Å². The third-order valence-electron chi connectivity index (χ3n) is 3.11. The van der Waals surface area contributed by atoms with Gasteiger partial charge in [0.1, 0.15) is 5.56 Å². The predicted molar refractivity (Wildman–Crippen MR) is 73.3 cm³/mol. The normalized spacial score (nSPS) is 15.0. The van der Waals surface area contributed by atoms with Crippen LogP contribution in [-0.4, -0.2) is 52.7 Å². The molecule has 1 heterocycles. The number of aromatic hydroxyl groups is 1. The second-order valence-corrected chi connectivity index (χ2v) is 4.52. The molecule has 0 unspecified atom stereocenters. The number of hydrogen-bond acceptors (Lipinski definition) is 4. The second kappa shape index (κ2) is 6.12. The average molecular weight is 293 g/mol. The van der Waals surface area contributed by atoms with E-state index in [2.05, 4.69) is 10.6 Å². The SMILES string of the molecule is O=C1CCN(C(=O)Nc2cccc(C(=O)O)c2O)CCN1. The van der Waals surface area contributed by atoms with Crippen LogP contribution in [0.15, 0.2) is 18.2 Å². The van der Waals surface area contributed by atoms with E-state index in [0.717, 1.165) is 0 Å². The van der Waals surface area contributed by atoms with Crippen LogP contribution < -0.4 is 10.6 Å². The number of nitrogens with zero attached hydrogens (tertiary/aromatic N) is 1. The van der Waals surface area contributed by atoms with Gasteiger partial charge in [-0.2, -0.15) is 0 Å². The van der Waals surface area contributed by atoms with E-state index in [0.29, 0.717) is 13.1 Å². The Morgan fingerprint density at radius 2 is 2.05 bits per heavy atom. The van der Waals surface area contributed by atoms with Crippen LogP contribution in [0, 0.1) is 0 Å². The van der Waals surface area contributed by atoms with E-state index in [1.54, 1.807) is 0 Å². The smallest absolute Gasteiger partial charge is 0.339 e. The van der Waals surface area contributed by atoms with E-state index < -0.39 is 17.7 Å². The molecule has 1 aromatic rings. The van der Waals surface area contributed by atoms with Gasteiger partial charge < -0.3 is 25.7 Å². The summed E-state index contributed by atoms with van der Waals surface area (Å²) < 4.78 is 0. The first-order chi connectivity index (χ1) is 9.99. The number of carbonyl (C=O) groups excluding carboxylic acids is 2. The van der Waals surface area contributed by atoms with Crippen LogP contribution in [-0.2, 0) is 4.79 Å². The minimum Gasteiger partial charge on any atom is -0.505 e. The highest BCUT2D eigenvalue weighted by atomic mass is 16.4. The van der Waals surface area contributed by atoms with Gasteiger partial charge in [0.2, 0.25) is 5.91 Å². The number of carboxylic acids is 1. The van der Waals surface area contributed by atoms with Crippen LogP contribution >= 0.6 is 0 Å². The summed E-state index contributed by atoms with van der Waals surface area (Å²) in [5.74, 6) is -1.91. The Bertz CT molecular complexity index is 587. The van der Waals surface area contributed by atoms with Gasteiger partial charge >= 0.3 is 12.0 Å². The number of carboxylic acid groups (broad SMARTS) is 1. The molecule has 0 atom stereocenters. The summed E-state index contributed by atoms with van der Waals surface area (Å²) in [5.41, 5.74) is -0.274. The van der Waals surface area contributed by atoms with Gasteiger partial charge in [-0.05, 0) is 12.1 Å². The first kappa shape index (κ1) is 14.6. The molecular formula is C13H15N3O5. The zero-order valence-corrected chi connectivity index (χ0v) is 11.1. The number of phenols is 1. The van der Waals surface area contributed by atoms with Gasteiger partial charge in [-0.25, -0.2) is 9.59 Å². The zero-order chi connectivity index (χ0) is 15.4. The molecule has 3 amide bonds. The Morgan fingerprint density at radius 1 is 1.29 bits per heavy atom. The number of aromatic carboxylic acids is 1. The highest BCUT2D eigenvalue weighted by molar-refractivity contribution is 5.97. The van der Waals surface area contributed by atoms with E-state index in [9.17, 15) is 19.5 Å². The predicted octanol–water partition coefficient (Wildman–Crippen LogP) is 0.444. The Labute approximate surface area is 120 Å². The van der Waals surface area contributed by atoms with E-state index in [4.69, 9.17) is 5.11 Å². The lowest BCUT2D eigenvalue weighted by Gasteiger charge is -2.20. The summed E-state index contributed by atoms with van der Waals surface area (Å²) in [6.07, 6.45) is 0.203. The molecule has 0 saturated carbocycles. The molecular weight excluding hydrogens is 278 g/mol. The molecule has 8 nitrogen and oxygen atoms in total. The van der Waals surface area contributed by atoms with Crippen LogP contribution in [0.1, 0.15) is 16.8 Å². The maximum atomic E-state index is 12.1. The number of para-hydroxylation sites is 1. The van der Waals surface area contributed by atoms with Gasteiger partial charge in [0.15, 0.2) is 5.75 Å². The Balaban J connectivity index is 2.11. The molecule has 0 radical (unpaired) electrons. The van der Waals surface area contributed by atoms with Crippen molar-refractivity contribution in [1.29, 1.82) is 0 Å². The van der Waals surface area contributed by atoms with Crippen molar-refractivity contribution in [3.63, 3.8) is 0 Å². The summed E-state index contributed by atoms with van der Waals surface area (Å²) >= 11 is 0. The van der Waals surface area contributed by atoms with E-state index in [1.807, 2.05) is 0 Å². The minimum absolute atomic E-state index is 0.0171. The molecule has 2 rings (SSSR count). The number of rotatable bonds is 2. The number of amides is 3. The van der Waals surface area contributed by atoms with Crippen molar-refractivity contribution < 1.29 is 24.6 Å². The quantitative estimate of drug-likeness (QED) is 0.590. The van der Waals surface area contributed by atoms with Crippen LogP contribution in [0.4, 0.5) is 10.5 Å². The van der Waals surface area contributed by atoms with Crippen LogP contribution in [0.25, 0.3) is 0 Å². The van der Waals surface area contributed by atoms with Crippen molar-refractivity contribution in [1.82, 2.24) is 10.2 Å². The first-order valence-corrected chi connectivity index (χ1v) is 6.37. The van der Waals surface area contributed by atoms with Crippen LogP contribution in [0.3, 0.4) is 0 Å². The minimum atomic E-state index is -1.28. The topological polar surface area (TPSA) is 119 Å². The molecule has 0 spiro atoms. The molecule has 4 N–H and O–H groups in total. The maximum Gasteiger partial charge on any atom is 0.339 e. The van der Waals surface area contributed by atoms with Crippen molar-refractivity contribution in [2.75, 3.05) is 25.0 Å². The molecule has 1 aliphatic rings. The number of carbonyl (C=O) groups is 3. The molecule has 1 fully saturated rings. The van der Waals surface area contributed by atoms with Gasteiger partial charge in [0, 0.05) is 26.1 Å². The molecule has 0 aliphatic carbocycles. The summed E-state index contributed by atoms with van der Waals surface area (Å²) in [6, 6.07) is 3.57. The molecule has 112 valence electrons. The summed E-state index contributed by atoms with van der Waals surface area (Å²) in [6.45, 7) is 0.960. The van der Waals surface area contributed by atoms with E-state index in [1.165, 1.54) is 23.1 Å². The number of hydrogen-bond donors (Lipinski definition) is 4. The summed E-state index contributed by atoms with van der Waals surface area (Å²) in [5, 5.41) is 23.8. The van der Waals surface area contributed by atoms with Gasteiger partial charge in [0.05, 0.1) is 5.69 Å². The number of anilines is 1. The Morgan fingerprint density at radius 3 is 2.76 bits per heavy atom. The summed E-state index contributed by atoms with van der Waals surface area (Å²) in [7, 11) is 0. The zero-order valence-electron chi connectivity index (χ0n) is 11.1. The fraction of sp³-hybridized carbons (Fsp3) is 0.308. The van der Waals surface area contributed by atoms with Gasteiger partial charge in [-0.15, -0.1) is 0 Å². The highest BCUT2D eigenvalue weighted by Crippen LogP contribution is 2.27.